The van der Waals surface area contributed by atoms with Crippen LogP contribution in [0, 0.1) is 22.0 Å². The molecular weight excluding hydrogens is 238 g/mol. The van der Waals surface area contributed by atoms with Gasteiger partial charge in [0.1, 0.15) is 4.75 Å². The average molecular weight is 255 g/mol. The van der Waals surface area contributed by atoms with Crippen molar-refractivity contribution in [1.29, 1.82) is 0 Å². The van der Waals surface area contributed by atoms with E-state index >= 15 is 0 Å². The molecule has 17 heavy (non-hydrogen) atoms. The van der Waals surface area contributed by atoms with Crippen LogP contribution in [0.4, 0.5) is 0 Å². The van der Waals surface area contributed by atoms with Crippen molar-refractivity contribution in [2.45, 2.75) is 42.9 Å². The summed E-state index contributed by atoms with van der Waals surface area (Å²) in [6, 6.07) is 0. The third-order valence-corrected chi connectivity index (χ3v) is 7.33. The third-order valence-electron chi connectivity index (χ3n) is 5.13. The number of allylic oxidation sites excluding steroid dienone is 1. The van der Waals surface area contributed by atoms with Gasteiger partial charge >= 0.3 is 0 Å². The van der Waals surface area contributed by atoms with Crippen molar-refractivity contribution in [2.24, 2.45) is 11.8 Å². The molecule has 0 aliphatic heterocycles. The summed E-state index contributed by atoms with van der Waals surface area (Å²) in [5.41, 5.74) is -0.923. The van der Waals surface area contributed by atoms with Crippen molar-refractivity contribution in [3.05, 3.63) is 22.3 Å². The number of fused-ring (bicyclic) bond motifs is 5. The van der Waals surface area contributed by atoms with Crippen LogP contribution >= 0.6 is 0 Å². The Bertz CT molecular complexity index is 435. The van der Waals surface area contributed by atoms with E-state index in [0.29, 0.717) is 12.2 Å². The predicted octanol–water partition coefficient (Wildman–Crippen LogP) is 1.90. The van der Waals surface area contributed by atoms with Gasteiger partial charge in [0.2, 0.25) is 5.54 Å². The molecule has 94 valence electrons. The summed E-state index contributed by atoms with van der Waals surface area (Å²) in [6.45, 7) is 1.88. The van der Waals surface area contributed by atoms with Gasteiger partial charge in [-0.3, -0.25) is 14.3 Å². The zero-order valence-corrected chi connectivity index (χ0v) is 10.7. The van der Waals surface area contributed by atoms with E-state index in [2.05, 4.69) is 6.08 Å². The van der Waals surface area contributed by atoms with Crippen molar-refractivity contribution < 1.29 is 9.13 Å². The molecule has 0 N–H and O–H groups in total. The molecule has 3 aliphatic carbocycles. The highest BCUT2D eigenvalue weighted by Gasteiger charge is 2.78. The van der Waals surface area contributed by atoms with Gasteiger partial charge in [0, 0.05) is 39.7 Å². The first kappa shape index (κ1) is 11.4. The van der Waals surface area contributed by atoms with E-state index in [-0.39, 0.29) is 16.8 Å². The summed E-state index contributed by atoms with van der Waals surface area (Å²) in [7, 11) is -1.08. The second-order valence-electron chi connectivity index (χ2n) is 5.39. The second-order valence-corrected chi connectivity index (χ2v) is 7.39. The number of hydrogen-bond donors (Lipinski definition) is 0. The van der Waals surface area contributed by atoms with Crippen LogP contribution in [-0.4, -0.2) is 25.2 Å². The van der Waals surface area contributed by atoms with Gasteiger partial charge in [-0.15, -0.1) is 0 Å². The van der Waals surface area contributed by atoms with Crippen LogP contribution in [0.2, 0.25) is 0 Å². The molecule has 2 saturated carbocycles. The highest BCUT2D eigenvalue weighted by Crippen LogP contribution is 2.64. The van der Waals surface area contributed by atoms with Crippen LogP contribution in [0.25, 0.3) is 0 Å². The first-order valence-corrected chi connectivity index (χ1v) is 7.63. The molecule has 0 aromatic rings. The largest absolute Gasteiger partial charge is 0.264 e. The van der Waals surface area contributed by atoms with Crippen molar-refractivity contribution in [2.75, 3.05) is 5.75 Å². The van der Waals surface area contributed by atoms with E-state index in [1.165, 1.54) is 0 Å². The minimum absolute atomic E-state index is 0.0144. The molecule has 0 amide bonds. The van der Waals surface area contributed by atoms with Gasteiger partial charge in [0.05, 0.1) is 0 Å². The Labute approximate surface area is 103 Å². The molecule has 0 aromatic heterocycles. The summed E-state index contributed by atoms with van der Waals surface area (Å²) in [4.78, 5) is 11.6. The Morgan fingerprint density at radius 3 is 2.76 bits per heavy atom. The van der Waals surface area contributed by atoms with E-state index in [1.54, 1.807) is 0 Å². The lowest BCUT2D eigenvalue weighted by molar-refractivity contribution is -0.578. The van der Waals surface area contributed by atoms with Crippen LogP contribution in [0.5, 0.6) is 0 Å². The van der Waals surface area contributed by atoms with Crippen molar-refractivity contribution in [3.8, 4) is 0 Å². The maximum absolute atomic E-state index is 12.5. The van der Waals surface area contributed by atoms with E-state index in [0.717, 1.165) is 19.3 Å². The molecule has 5 atom stereocenters. The molecule has 0 heterocycles. The van der Waals surface area contributed by atoms with Crippen LogP contribution < -0.4 is 0 Å². The van der Waals surface area contributed by atoms with Crippen LogP contribution in [0.1, 0.15) is 32.6 Å². The van der Waals surface area contributed by atoms with E-state index in [4.69, 9.17) is 0 Å². The molecule has 1 unspecified atom stereocenters. The minimum Gasteiger partial charge on any atom is -0.264 e. The van der Waals surface area contributed by atoms with Crippen LogP contribution in [0.3, 0.4) is 0 Å². The molecule has 4 nitrogen and oxygen atoms in total. The topological polar surface area (TPSA) is 60.2 Å². The maximum Gasteiger partial charge on any atom is 0.245 e. The number of hydrogen-bond acceptors (Lipinski definition) is 3. The molecule has 3 aliphatic rings. The lowest BCUT2D eigenvalue weighted by Crippen LogP contribution is -2.60. The lowest BCUT2D eigenvalue weighted by Gasteiger charge is -2.39. The molecule has 0 radical (unpaired) electrons. The number of rotatable bonds is 3. The van der Waals surface area contributed by atoms with Gasteiger partial charge in [-0.1, -0.05) is 19.1 Å². The molecular formula is C12H17NO3S. The number of nitrogens with zero attached hydrogens (tertiary/aromatic N) is 1. The summed E-state index contributed by atoms with van der Waals surface area (Å²) in [5.74, 6) is 0.716. The molecule has 3 rings (SSSR count). The predicted molar refractivity (Wildman–Crippen MR) is 65.7 cm³/mol. The van der Waals surface area contributed by atoms with Crippen molar-refractivity contribution in [3.63, 3.8) is 0 Å². The summed E-state index contributed by atoms with van der Waals surface area (Å²) >= 11 is 0. The van der Waals surface area contributed by atoms with Crippen LogP contribution in [-0.2, 0) is 10.8 Å². The zero-order valence-electron chi connectivity index (χ0n) is 9.93. The Morgan fingerprint density at radius 1 is 1.41 bits per heavy atom. The Hall–Kier alpha value is -0.710. The first-order chi connectivity index (χ1) is 8.09. The lowest BCUT2D eigenvalue weighted by atomic mass is 9.78. The average Bonchev–Trinajstić information content (AvgIpc) is 2.97. The SMILES string of the molecule is CCS(=O)[C@@]12CCC[C@]1([N+](=O)[O-])[C@@H]1C=C[C@H]2C1. The highest BCUT2D eigenvalue weighted by molar-refractivity contribution is 7.86. The van der Waals surface area contributed by atoms with Crippen molar-refractivity contribution in [1.82, 2.24) is 0 Å². The summed E-state index contributed by atoms with van der Waals surface area (Å²) in [6.07, 6.45) is 7.15. The van der Waals surface area contributed by atoms with E-state index < -0.39 is 21.1 Å². The van der Waals surface area contributed by atoms with Gasteiger partial charge < -0.3 is 0 Å². The van der Waals surface area contributed by atoms with Crippen molar-refractivity contribution >= 4 is 10.8 Å². The van der Waals surface area contributed by atoms with Gasteiger partial charge in [-0.2, -0.15) is 0 Å². The second kappa shape index (κ2) is 3.40. The van der Waals surface area contributed by atoms with E-state index in [9.17, 15) is 14.3 Å². The molecule has 5 heteroatoms. The van der Waals surface area contributed by atoms with Gasteiger partial charge in [0.15, 0.2) is 0 Å². The molecule has 2 bridgehead atoms. The Balaban J connectivity index is 2.20. The van der Waals surface area contributed by atoms with Gasteiger partial charge in [-0.05, 0) is 19.3 Å². The first-order valence-electron chi connectivity index (χ1n) is 6.31. The Kier molecular flexibility index (Phi) is 2.28. The maximum atomic E-state index is 12.5. The zero-order chi connectivity index (χ0) is 12.3. The summed E-state index contributed by atoms with van der Waals surface area (Å²) in [5, 5.41) is 11.7. The fraction of sp³-hybridized carbons (Fsp3) is 0.833. The fourth-order valence-electron chi connectivity index (χ4n) is 4.57. The van der Waals surface area contributed by atoms with Gasteiger partial charge in [0.25, 0.3) is 0 Å². The summed E-state index contributed by atoms with van der Waals surface area (Å²) < 4.78 is 11.9. The number of nitro groups is 1. The minimum atomic E-state index is -1.08. The van der Waals surface area contributed by atoms with Crippen LogP contribution in [0.15, 0.2) is 12.2 Å². The fourth-order valence-corrected chi connectivity index (χ4v) is 6.69. The third kappa shape index (κ3) is 1.03. The normalized spacial score (nSPS) is 48.3. The monoisotopic (exact) mass is 255 g/mol. The molecule has 0 aromatic carbocycles. The quantitative estimate of drug-likeness (QED) is 0.439. The Morgan fingerprint density at radius 2 is 2.12 bits per heavy atom. The molecule has 0 saturated heterocycles. The smallest absolute Gasteiger partial charge is 0.245 e. The van der Waals surface area contributed by atoms with E-state index in [1.807, 2.05) is 13.0 Å². The molecule has 0 spiro atoms. The molecule has 2 fully saturated rings. The standard InChI is InChI=1S/C12H17NO3S/c1-2-17(16)12-7-3-6-11(12,13(14)15)9-4-5-10(12)8-9/h4-5,9-10H,2-3,6-8H2,1H3/t9-,10+,11+,12-,17?/m1/s1. The highest BCUT2D eigenvalue weighted by atomic mass is 32.2. The van der Waals surface area contributed by atoms with Gasteiger partial charge in [-0.25, -0.2) is 0 Å².